The average molecular weight is 530 g/mol. The van der Waals surface area contributed by atoms with Gasteiger partial charge >= 0.3 is 0 Å². The van der Waals surface area contributed by atoms with Gasteiger partial charge in [0.15, 0.2) is 11.5 Å². The van der Waals surface area contributed by atoms with Crippen LogP contribution in [0.3, 0.4) is 0 Å². The lowest BCUT2D eigenvalue weighted by Crippen LogP contribution is -2.41. The van der Waals surface area contributed by atoms with Crippen LogP contribution in [0.15, 0.2) is 66.3 Å². The van der Waals surface area contributed by atoms with Crippen LogP contribution in [-0.2, 0) is 11.2 Å². The van der Waals surface area contributed by atoms with Crippen LogP contribution >= 0.6 is 11.3 Å². The predicted molar refractivity (Wildman–Crippen MR) is 150 cm³/mol. The second-order valence-corrected chi connectivity index (χ2v) is 10.0. The van der Waals surface area contributed by atoms with Crippen LogP contribution in [0.4, 0.5) is 5.82 Å². The van der Waals surface area contributed by atoms with Crippen molar-refractivity contribution in [3.63, 3.8) is 0 Å². The number of carbonyl (C=O) groups is 1. The first-order valence-corrected chi connectivity index (χ1v) is 13.6. The summed E-state index contributed by atoms with van der Waals surface area (Å²) in [6.45, 7) is 2.16. The van der Waals surface area contributed by atoms with Crippen molar-refractivity contribution in [1.29, 1.82) is 0 Å². The number of hydrogen-bond acceptors (Lipinski definition) is 8. The highest BCUT2D eigenvalue weighted by Gasteiger charge is 2.25. The minimum Gasteiger partial charge on any atom is -0.493 e. The predicted octanol–water partition coefficient (Wildman–Crippen LogP) is 4.86. The number of aromatic nitrogens is 3. The largest absolute Gasteiger partial charge is 0.493 e. The fraction of sp³-hybridized carbons (Fsp3) is 0.310. The summed E-state index contributed by atoms with van der Waals surface area (Å²) in [5, 5.41) is 6.07. The summed E-state index contributed by atoms with van der Waals surface area (Å²) >= 11 is 1.58. The van der Waals surface area contributed by atoms with E-state index in [-0.39, 0.29) is 11.8 Å². The minimum atomic E-state index is 0.0134. The molecule has 2 aromatic heterocycles. The number of rotatable bonds is 9. The van der Waals surface area contributed by atoms with Crippen molar-refractivity contribution in [2.75, 3.05) is 38.8 Å². The maximum absolute atomic E-state index is 12.8. The van der Waals surface area contributed by atoms with E-state index < -0.39 is 0 Å². The SMILES string of the molecule is COc1ccc(-c2nc(CCNC(=O)C3CCN(c4cc(-c5ccccc5)ncn4)CC3)cs2)cc1OC. The lowest BCUT2D eigenvalue weighted by Gasteiger charge is -2.32. The topological polar surface area (TPSA) is 89.5 Å². The number of anilines is 1. The van der Waals surface area contributed by atoms with Crippen LogP contribution in [0.1, 0.15) is 18.5 Å². The fourth-order valence-electron chi connectivity index (χ4n) is 4.64. The zero-order chi connectivity index (χ0) is 26.3. The molecule has 2 aromatic carbocycles. The maximum Gasteiger partial charge on any atom is 0.223 e. The Hall–Kier alpha value is -3.98. The molecule has 38 heavy (non-hydrogen) atoms. The number of nitrogens with zero attached hydrogens (tertiary/aromatic N) is 4. The van der Waals surface area contributed by atoms with Gasteiger partial charge in [-0.3, -0.25) is 4.79 Å². The summed E-state index contributed by atoms with van der Waals surface area (Å²) in [5.74, 6) is 2.41. The van der Waals surface area contributed by atoms with E-state index in [9.17, 15) is 4.79 Å². The number of hydrogen-bond donors (Lipinski definition) is 1. The molecule has 5 rings (SSSR count). The molecule has 0 bridgehead atoms. The molecule has 1 saturated heterocycles. The Labute approximate surface area is 226 Å². The monoisotopic (exact) mass is 529 g/mol. The molecule has 196 valence electrons. The number of benzene rings is 2. The summed E-state index contributed by atoms with van der Waals surface area (Å²) < 4.78 is 10.7. The molecule has 0 saturated carbocycles. The summed E-state index contributed by atoms with van der Waals surface area (Å²) in [4.78, 5) is 28.7. The first-order valence-electron chi connectivity index (χ1n) is 12.7. The maximum atomic E-state index is 12.8. The van der Waals surface area contributed by atoms with Gasteiger partial charge in [-0.15, -0.1) is 11.3 Å². The van der Waals surface area contributed by atoms with Gasteiger partial charge in [-0.1, -0.05) is 30.3 Å². The number of piperidine rings is 1. The Kier molecular flexibility index (Phi) is 8.13. The Morgan fingerprint density at radius 3 is 2.55 bits per heavy atom. The summed E-state index contributed by atoms with van der Waals surface area (Å²) in [5.41, 5.74) is 3.93. The van der Waals surface area contributed by atoms with Gasteiger partial charge < -0.3 is 19.7 Å². The molecule has 9 heteroatoms. The van der Waals surface area contributed by atoms with Gasteiger partial charge in [-0.25, -0.2) is 15.0 Å². The molecule has 1 aliphatic rings. The first kappa shape index (κ1) is 25.7. The van der Waals surface area contributed by atoms with Crippen LogP contribution in [0.2, 0.25) is 0 Å². The van der Waals surface area contributed by atoms with Crippen LogP contribution in [0, 0.1) is 5.92 Å². The number of amides is 1. The van der Waals surface area contributed by atoms with E-state index in [1.54, 1.807) is 31.9 Å². The van der Waals surface area contributed by atoms with E-state index in [1.807, 2.05) is 60.0 Å². The number of methoxy groups -OCH3 is 2. The highest BCUT2D eigenvalue weighted by atomic mass is 32.1. The van der Waals surface area contributed by atoms with Gasteiger partial charge in [0, 0.05) is 54.5 Å². The fourth-order valence-corrected chi connectivity index (χ4v) is 5.49. The standard InChI is InChI=1S/C29H31N5O3S/c1-36-25-9-8-22(16-26(25)37-2)29-33-23(18-38-29)10-13-30-28(35)21-11-14-34(15-12-21)27-17-24(31-19-32-27)20-6-4-3-5-7-20/h3-9,16-19,21H,10-15H2,1-2H3,(H,30,35). The molecular formula is C29H31N5O3S. The Balaban J connectivity index is 1.10. The second-order valence-electron chi connectivity index (χ2n) is 9.14. The van der Waals surface area contributed by atoms with Crippen LogP contribution in [0.5, 0.6) is 11.5 Å². The molecule has 0 radical (unpaired) electrons. The van der Waals surface area contributed by atoms with Gasteiger partial charge in [0.2, 0.25) is 5.91 Å². The van der Waals surface area contributed by atoms with E-state index in [4.69, 9.17) is 14.5 Å². The van der Waals surface area contributed by atoms with E-state index in [2.05, 4.69) is 20.2 Å². The van der Waals surface area contributed by atoms with Gasteiger partial charge in [0.05, 0.1) is 25.6 Å². The van der Waals surface area contributed by atoms with Crippen molar-refractivity contribution in [3.8, 4) is 33.3 Å². The number of thiazole rings is 1. The zero-order valence-electron chi connectivity index (χ0n) is 21.6. The summed E-state index contributed by atoms with van der Waals surface area (Å²) in [7, 11) is 3.25. The molecule has 0 atom stereocenters. The molecule has 4 aromatic rings. The molecule has 1 N–H and O–H groups in total. The van der Waals surface area contributed by atoms with Gasteiger partial charge in [-0.05, 0) is 31.0 Å². The third-order valence-electron chi connectivity index (χ3n) is 6.77. The molecule has 3 heterocycles. The van der Waals surface area contributed by atoms with E-state index in [1.165, 1.54) is 0 Å². The molecule has 8 nitrogen and oxygen atoms in total. The molecule has 0 unspecified atom stereocenters. The van der Waals surface area contributed by atoms with E-state index >= 15 is 0 Å². The molecule has 0 aliphatic carbocycles. The Morgan fingerprint density at radius 1 is 1.00 bits per heavy atom. The van der Waals surface area contributed by atoms with Gasteiger partial charge in [0.25, 0.3) is 0 Å². The number of carbonyl (C=O) groups excluding carboxylic acids is 1. The van der Waals surface area contributed by atoms with Gasteiger partial charge in [-0.2, -0.15) is 0 Å². The lowest BCUT2D eigenvalue weighted by atomic mass is 9.96. The highest BCUT2D eigenvalue weighted by molar-refractivity contribution is 7.13. The van der Waals surface area contributed by atoms with Crippen molar-refractivity contribution in [2.24, 2.45) is 5.92 Å². The van der Waals surface area contributed by atoms with Crippen molar-refractivity contribution < 1.29 is 14.3 Å². The quantitative estimate of drug-likeness (QED) is 0.331. The highest BCUT2D eigenvalue weighted by Crippen LogP contribution is 2.33. The van der Waals surface area contributed by atoms with E-state index in [0.29, 0.717) is 24.5 Å². The Bertz CT molecular complexity index is 1370. The van der Waals surface area contributed by atoms with Crippen molar-refractivity contribution in [1.82, 2.24) is 20.3 Å². The smallest absolute Gasteiger partial charge is 0.223 e. The lowest BCUT2D eigenvalue weighted by molar-refractivity contribution is -0.125. The molecule has 1 aliphatic heterocycles. The zero-order valence-corrected chi connectivity index (χ0v) is 22.4. The van der Waals surface area contributed by atoms with E-state index in [0.717, 1.165) is 59.3 Å². The second kappa shape index (κ2) is 12.0. The third kappa shape index (κ3) is 5.94. The van der Waals surface area contributed by atoms with Crippen LogP contribution in [0.25, 0.3) is 21.8 Å². The van der Waals surface area contributed by atoms with Crippen LogP contribution in [-0.4, -0.2) is 54.7 Å². The van der Waals surface area contributed by atoms with Gasteiger partial charge in [0.1, 0.15) is 17.2 Å². The Morgan fingerprint density at radius 2 is 1.79 bits per heavy atom. The number of ether oxygens (including phenoxy) is 2. The first-order chi connectivity index (χ1) is 18.6. The van der Waals surface area contributed by atoms with Crippen molar-refractivity contribution in [3.05, 3.63) is 72.0 Å². The minimum absolute atomic E-state index is 0.0134. The third-order valence-corrected chi connectivity index (χ3v) is 7.71. The normalized spacial score (nSPS) is 13.8. The van der Waals surface area contributed by atoms with Crippen molar-refractivity contribution in [2.45, 2.75) is 19.3 Å². The number of nitrogens with one attached hydrogen (secondary N) is 1. The summed E-state index contributed by atoms with van der Waals surface area (Å²) in [6, 6.07) is 17.9. The molecule has 1 fully saturated rings. The van der Waals surface area contributed by atoms with Crippen LogP contribution < -0.4 is 19.7 Å². The summed E-state index contributed by atoms with van der Waals surface area (Å²) in [6.07, 6.45) is 3.91. The molecule has 0 spiro atoms. The molecular weight excluding hydrogens is 498 g/mol. The molecule has 1 amide bonds. The van der Waals surface area contributed by atoms with Crippen molar-refractivity contribution >= 4 is 23.1 Å². The average Bonchev–Trinajstić information content (AvgIpc) is 3.46.